The van der Waals surface area contributed by atoms with Gasteiger partial charge in [-0.25, -0.2) is 0 Å². The number of hydrogen-bond acceptors (Lipinski definition) is 5. The molecular formula is C17H40ClO5PSi2. The number of rotatable bonds is 14. The SMILES string of the molecule is CCOC(O[Si](C)(C)C)C(CCCCl)([Si](C)(C)C)P(=O)(OCC)OCC. The number of ether oxygens (including phenoxy) is 1. The van der Waals surface area contributed by atoms with Gasteiger partial charge in [0.25, 0.3) is 0 Å². The maximum Gasteiger partial charge on any atom is 0.339 e. The first-order valence-electron chi connectivity index (χ1n) is 9.59. The minimum Gasteiger partial charge on any atom is -0.392 e. The molecule has 0 bridgehead atoms. The zero-order chi connectivity index (χ0) is 20.6. The molecule has 0 saturated heterocycles. The van der Waals surface area contributed by atoms with Gasteiger partial charge in [0, 0.05) is 12.5 Å². The van der Waals surface area contributed by atoms with Crippen LogP contribution in [0.3, 0.4) is 0 Å². The van der Waals surface area contributed by atoms with E-state index in [1.165, 1.54) is 0 Å². The lowest BCUT2D eigenvalue weighted by molar-refractivity contribution is -0.0993. The van der Waals surface area contributed by atoms with E-state index in [1.54, 1.807) is 0 Å². The second kappa shape index (κ2) is 11.1. The van der Waals surface area contributed by atoms with E-state index >= 15 is 0 Å². The summed E-state index contributed by atoms with van der Waals surface area (Å²) in [5, 5.41) is 0. The minimum atomic E-state index is -3.51. The Balaban J connectivity index is 6.62. The zero-order valence-electron chi connectivity index (χ0n) is 18.2. The molecule has 26 heavy (non-hydrogen) atoms. The van der Waals surface area contributed by atoms with Gasteiger partial charge in [-0.1, -0.05) is 19.6 Å². The summed E-state index contributed by atoms with van der Waals surface area (Å²) < 4.78 is 37.7. The molecule has 0 aliphatic heterocycles. The van der Waals surface area contributed by atoms with Crippen molar-refractivity contribution >= 4 is 35.6 Å². The van der Waals surface area contributed by atoms with Crippen LogP contribution in [0.15, 0.2) is 0 Å². The second-order valence-electron chi connectivity index (χ2n) is 8.32. The van der Waals surface area contributed by atoms with Gasteiger partial charge in [-0.15, -0.1) is 11.6 Å². The molecule has 0 aliphatic carbocycles. The maximum absolute atomic E-state index is 14.2. The molecule has 9 heteroatoms. The molecule has 0 N–H and O–H groups in total. The molecule has 0 spiro atoms. The van der Waals surface area contributed by atoms with Crippen molar-refractivity contribution in [1.82, 2.24) is 0 Å². The first kappa shape index (κ1) is 26.8. The monoisotopic (exact) mass is 446 g/mol. The average Bonchev–Trinajstić information content (AvgIpc) is 2.45. The summed E-state index contributed by atoms with van der Waals surface area (Å²) >= 11 is 6.05. The van der Waals surface area contributed by atoms with Crippen LogP contribution in [0.4, 0.5) is 0 Å². The molecule has 158 valence electrons. The van der Waals surface area contributed by atoms with Gasteiger partial charge in [0.05, 0.1) is 21.3 Å². The molecule has 2 unspecified atom stereocenters. The molecular weight excluding hydrogens is 407 g/mol. The Hall–Kier alpha value is 0.794. The van der Waals surface area contributed by atoms with E-state index in [1.807, 2.05) is 20.8 Å². The summed E-state index contributed by atoms with van der Waals surface area (Å²) in [6, 6.07) is 0. The Kier molecular flexibility index (Phi) is 11.4. The highest BCUT2D eigenvalue weighted by Crippen LogP contribution is 2.67. The van der Waals surface area contributed by atoms with E-state index in [-0.39, 0.29) is 0 Å². The Bertz CT molecular complexity index is 443. The van der Waals surface area contributed by atoms with Gasteiger partial charge >= 0.3 is 7.60 Å². The Labute approximate surface area is 168 Å². The van der Waals surface area contributed by atoms with Crippen molar-refractivity contribution in [3.8, 4) is 0 Å². The molecule has 2 atom stereocenters. The molecule has 0 rings (SSSR count). The van der Waals surface area contributed by atoms with Crippen LogP contribution in [0, 0.1) is 0 Å². The quantitative estimate of drug-likeness (QED) is 0.139. The predicted octanol–water partition coefficient (Wildman–Crippen LogP) is 6.10. The highest BCUT2D eigenvalue weighted by atomic mass is 35.5. The van der Waals surface area contributed by atoms with Gasteiger partial charge in [-0.3, -0.25) is 4.57 Å². The van der Waals surface area contributed by atoms with Crippen LogP contribution in [-0.4, -0.2) is 53.2 Å². The minimum absolute atomic E-state index is 0.316. The van der Waals surface area contributed by atoms with Crippen LogP contribution in [0.2, 0.25) is 39.3 Å². The fourth-order valence-electron chi connectivity index (χ4n) is 3.21. The third kappa shape index (κ3) is 6.69. The van der Waals surface area contributed by atoms with Gasteiger partial charge in [-0.05, 0) is 53.3 Å². The Morgan fingerprint density at radius 2 is 1.46 bits per heavy atom. The number of halogens is 1. The average molecular weight is 447 g/mol. The lowest BCUT2D eigenvalue weighted by Crippen LogP contribution is -2.63. The van der Waals surface area contributed by atoms with E-state index in [0.29, 0.717) is 38.5 Å². The molecule has 0 heterocycles. The lowest BCUT2D eigenvalue weighted by Gasteiger charge is -2.51. The van der Waals surface area contributed by atoms with E-state index in [4.69, 9.17) is 29.8 Å². The van der Waals surface area contributed by atoms with Crippen molar-refractivity contribution in [2.45, 2.75) is 84.0 Å². The molecule has 5 nitrogen and oxygen atoms in total. The van der Waals surface area contributed by atoms with E-state index in [2.05, 4.69) is 39.3 Å². The molecule has 0 aromatic heterocycles. The van der Waals surface area contributed by atoms with Crippen LogP contribution in [0.5, 0.6) is 0 Å². The lowest BCUT2D eigenvalue weighted by atomic mass is 10.2. The van der Waals surface area contributed by atoms with Crippen molar-refractivity contribution in [3.05, 3.63) is 0 Å². The van der Waals surface area contributed by atoms with Crippen molar-refractivity contribution in [3.63, 3.8) is 0 Å². The second-order valence-corrected chi connectivity index (χ2v) is 21.3. The predicted molar refractivity (Wildman–Crippen MR) is 117 cm³/mol. The van der Waals surface area contributed by atoms with E-state index in [0.717, 1.165) is 0 Å². The normalized spacial score (nSPS) is 17.2. The van der Waals surface area contributed by atoms with E-state index in [9.17, 15) is 4.57 Å². The topological polar surface area (TPSA) is 54.0 Å². The van der Waals surface area contributed by atoms with E-state index < -0.39 is 35.1 Å². The molecule has 0 fully saturated rings. The summed E-state index contributed by atoms with van der Waals surface area (Å²) in [7, 11) is -7.67. The highest BCUT2D eigenvalue weighted by molar-refractivity contribution is 7.59. The van der Waals surface area contributed by atoms with Crippen LogP contribution in [0.1, 0.15) is 33.6 Å². The van der Waals surface area contributed by atoms with Crippen LogP contribution in [-0.2, 0) is 22.8 Å². The molecule has 0 aromatic rings. The molecule has 0 aliphatic rings. The number of hydrogen-bond donors (Lipinski definition) is 0. The number of alkyl halides is 1. The van der Waals surface area contributed by atoms with Crippen LogP contribution < -0.4 is 0 Å². The molecule has 0 aromatic carbocycles. The van der Waals surface area contributed by atoms with Gasteiger partial charge < -0.3 is 18.2 Å². The molecule has 0 saturated carbocycles. The summed E-state index contributed by atoms with van der Waals surface area (Å²) in [6.45, 7) is 19.6. The Morgan fingerprint density at radius 1 is 0.962 bits per heavy atom. The summed E-state index contributed by atoms with van der Waals surface area (Å²) in [4.78, 5) is 0. The van der Waals surface area contributed by atoms with Gasteiger partial charge in [-0.2, -0.15) is 0 Å². The largest absolute Gasteiger partial charge is 0.392 e. The first-order chi connectivity index (χ1) is 11.8. The fourth-order valence-corrected chi connectivity index (χ4v) is 12.0. The maximum atomic E-state index is 14.2. The third-order valence-corrected chi connectivity index (χ3v) is 14.0. The Morgan fingerprint density at radius 3 is 1.77 bits per heavy atom. The van der Waals surface area contributed by atoms with Gasteiger partial charge in [0.1, 0.15) is 4.78 Å². The standard InChI is InChI=1S/C17H40ClO5PSi2/c1-10-20-16(23-26(7,8)9)17(14-13-15-18,25(4,5)6)24(19,21-11-2)22-12-3/h16H,10-15H2,1-9H3. The van der Waals surface area contributed by atoms with Crippen LogP contribution >= 0.6 is 19.2 Å². The third-order valence-electron chi connectivity index (χ3n) is 4.25. The first-order valence-corrected chi connectivity index (χ1v) is 18.6. The molecule has 0 radical (unpaired) electrons. The summed E-state index contributed by atoms with van der Waals surface area (Å²) in [5.74, 6) is 0.482. The fraction of sp³-hybridized carbons (Fsp3) is 1.00. The van der Waals surface area contributed by atoms with Crippen molar-refractivity contribution in [1.29, 1.82) is 0 Å². The van der Waals surface area contributed by atoms with Crippen molar-refractivity contribution in [2.75, 3.05) is 25.7 Å². The highest BCUT2D eigenvalue weighted by Gasteiger charge is 2.64. The molecule has 0 amide bonds. The summed E-state index contributed by atoms with van der Waals surface area (Å²) in [6.07, 6.45) is 0.672. The smallest absolute Gasteiger partial charge is 0.339 e. The van der Waals surface area contributed by atoms with Crippen molar-refractivity contribution < 1.29 is 22.8 Å². The van der Waals surface area contributed by atoms with Gasteiger partial charge in [0.15, 0.2) is 14.6 Å². The summed E-state index contributed by atoms with van der Waals surface area (Å²) in [5.41, 5.74) is 0. The zero-order valence-corrected chi connectivity index (χ0v) is 21.8. The van der Waals surface area contributed by atoms with Crippen molar-refractivity contribution in [2.24, 2.45) is 0 Å². The van der Waals surface area contributed by atoms with Crippen LogP contribution in [0.25, 0.3) is 0 Å². The van der Waals surface area contributed by atoms with Gasteiger partial charge in [0.2, 0.25) is 0 Å².